The van der Waals surface area contributed by atoms with E-state index in [-0.39, 0.29) is 10.9 Å². The maximum absolute atomic E-state index is 13.2. The van der Waals surface area contributed by atoms with Crippen LogP contribution in [-0.2, 0) is 10.0 Å². The molecule has 0 aliphatic carbocycles. The lowest BCUT2D eigenvalue weighted by atomic mass is 10.1. The van der Waals surface area contributed by atoms with Crippen LogP contribution in [0.1, 0.15) is 11.6 Å². The van der Waals surface area contributed by atoms with Gasteiger partial charge in [-0.3, -0.25) is 0 Å². The van der Waals surface area contributed by atoms with Gasteiger partial charge >= 0.3 is 0 Å². The largest absolute Gasteiger partial charge is 0.303 e. The molecule has 1 atom stereocenters. The molecule has 0 amide bonds. The Labute approximate surface area is 156 Å². The van der Waals surface area contributed by atoms with Gasteiger partial charge in [0.25, 0.3) is 0 Å². The van der Waals surface area contributed by atoms with E-state index >= 15 is 0 Å². The first-order chi connectivity index (χ1) is 11.4. The van der Waals surface area contributed by atoms with Crippen molar-refractivity contribution in [3.8, 4) is 0 Å². The highest BCUT2D eigenvalue weighted by atomic mass is 79.9. The van der Waals surface area contributed by atoms with Crippen LogP contribution in [0.15, 0.2) is 57.9 Å². The van der Waals surface area contributed by atoms with Gasteiger partial charge in [-0.1, -0.05) is 41.9 Å². The molecule has 0 bridgehead atoms. The summed E-state index contributed by atoms with van der Waals surface area (Å²) in [5.41, 5.74) is 0.996. The molecule has 0 spiro atoms. The van der Waals surface area contributed by atoms with Crippen molar-refractivity contribution in [3.63, 3.8) is 0 Å². The number of benzene rings is 2. The van der Waals surface area contributed by atoms with Crippen molar-refractivity contribution in [2.75, 3.05) is 26.7 Å². The van der Waals surface area contributed by atoms with Crippen LogP contribution in [0.5, 0.6) is 0 Å². The second-order valence-electron chi connectivity index (χ2n) is 5.88. The second kappa shape index (κ2) is 7.14. The number of hydrogen-bond acceptors (Lipinski definition) is 3. The Morgan fingerprint density at radius 1 is 1.12 bits per heavy atom. The average molecular weight is 430 g/mol. The van der Waals surface area contributed by atoms with Gasteiger partial charge in [0.1, 0.15) is 0 Å². The Balaban J connectivity index is 2.02. The lowest BCUT2D eigenvalue weighted by Gasteiger charge is -2.39. The SMILES string of the molecule is CN1CCN(S(=O)(=O)c2ccc(Br)c(Cl)c2)C(c2ccccc2)C1. The van der Waals surface area contributed by atoms with E-state index in [0.29, 0.717) is 29.1 Å². The van der Waals surface area contributed by atoms with E-state index in [0.717, 1.165) is 5.56 Å². The van der Waals surface area contributed by atoms with Gasteiger partial charge < -0.3 is 4.90 Å². The van der Waals surface area contributed by atoms with Gasteiger partial charge in [-0.05, 0) is 46.7 Å². The predicted molar refractivity (Wildman–Crippen MR) is 99.7 cm³/mol. The van der Waals surface area contributed by atoms with Crippen molar-refractivity contribution in [2.24, 2.45) is 0 Å². The quantitative estimate of drug-likeness (QED) is 0.745. The first kappa shape index (κ1) is 17.9. The van der Waals surface area contributed by atoms with Gasteiger partial charge in [0.2, 0.25) is 10.0 Å². The number of piperazine rings is 1. The van der Waals surface area contributed by atoms with Gasteiger partial charge in [-0.2, -0.15) is 4.31 Å². The van der Waals surface area contributed by atoms with Gasteiger partial charge in [0.05, 0.1) is 16.0 Å². The molecule has 3 rings (SSSR count). The van der Waals surface area contributed by atoms with Crippen molar-refractivity contribution in [1.82, 2.24) is 9.21 Å². The monoisotopic (exact) mass is 428 g/mol. The number of halogens is 2. The first-order valence-corrected chi connectivity index (χ1v) is 10.2. The van der Waals surface area contributed by atoms with Crippen LogP contribution in [0, 0.1) is 0 Å². The normalized spacial score (nSPS) is 20.2. The van der Waals surface area contributed by atoms with E-state index in [9.17, 15) is 8.42 Å². The molecule has 0 N–H and O–H groups in total. The van der Waals surface area contributed by atoms with Crippen molar-refractivity contribution >= 4 is 37.6 Å². The van der Waals surface area contributed by atoms with Crippen molar-refractivity contribution < 1.29 is 8.42 Å². The molecule has 0 saturated carbocycles. The van der Waals surface area contributed by atoms with Gasteiger partial charge in [0, 0.05) is 24.1 Å². The predicted octanol–water partition coefficient (Wildman–Crippen LogP) is 3.78. The number of sulfonamides is 1. The molecule has 4 nitrogen and oxygen atoms in total. The molecule has 128 valence electrons. The summed E-state index contributed by atoms with van der Waals surface area (Å²) in [6.45, 7) is 1.81. The van der Waals surface area contributed by atoms with Crippen LogP contribution in [0.25, 0.3) is 0 Å². The fraction of sp³-hybridized carbons (Fsp3) is 0.294. The molecule has 1 unspecified atom stereocenters. The summed E-state index contributed by atoms with van der Waals surface area (Å²) in [5.74, 6) is 0. The molecule has 1 saturated heterocycles. The highest BCUT2D eigenvalue weighted by molar-refractivity contribution is 9.10. The molecule has 2 aromatic carbocycles. The topological polar surface area (TPSA) is 40.6 Å². The molecule has 1 aliphatic rings. The van der Waals surface area contributed by atoms with Crippen LogP contribution in [0.4, 0.5) is 0 Å². The Kier molecular flexibility index (Phi) is 5.32. The van der Waals surface area contributed by atoms with Crippen molar-refractivity contribution in [2.45, 2.75) is 10.9 Å². The van der Waals surface area contributed by atoms with E-state index in [1.165, 1.54) is 6.07 Å². The fourth-order valence-corrected chi connectivity index (χ4v) is 5.02. The smallest absolute Gasteiger partial charge is 0.243 e. The van der Waals surface area contributed by atoms with E-state index < -0.39 is 10.0 Å². The Morgan fingerprint density at radius 2 is 1.83 bits per heavy atom. The highest BCUT2D eigenvalue weighted by Crippen LogP contribution is 2.33. The summed E-state index contributed by atoms with van der Waals surface area (Å²) < 4.78 is 28.6. The van der Waals surface area contributed by atoms with Crippen LogP contribution in [-0.4, -0.2) is 44.3 Å². The van der Waals surface area contributed by atoms with Crippen LogP contribution in [0.3, 0.4) is 0 Å². The van der Waals surface area contributed by atoms with E-state index in [4.69, 9.17) is 11.6 Å². The molecule has 7 heteroatoms. The molecule has 1 fully saturated rings. The Hall–Kier alpha value is -0.920. The minimum Gasteiger partial charge on any atom is -0.303 e. The molecule has 24 heavy (non-hydrogen) atoms. The number of hydrogen-bond donors (Lipinski definition) is 0. The third-order valence-corrected chi connectivity index (χ3v) is 7.35. The van der Waals surface area contributed by atoms with E-state index in [1.807, 2.05) is 37.4 Å². The molecule has 0 radical (unpaired) electrons. The maximum Gasteiger partial charge on any atom is 0.243 e. The molecule has 0 aromatic heterocycles. The second-order valence-corrected chi connectivity index (χ2v) is 9.03. The number of rotatable bonds is 3. The zero-order chi connectivity index (χ0) is 17.3. The summed E-state index contributed by atoms with van der Waals surface area (Å²) in [4.78, 5) is 2.37. The fourth-order valence-electron chi connectivity index (χ4n) is 2.91. The molecular formula is C17H18BrClN2O2S. The van der Waals surface area contributed by atoms with Crippen molar-refractivity contribution in [3.05, 3.63) is 63.6 Å². The molecule has 1 heterocycles. The van der Waals surface area contributed by atoms with Crippen molar-refractivity contribution in [1.29, 1.82) is 0 Å². The maximum atomic E-state index is 13.2. The lowest BCUT2D eigenvalue weighted by Crippen LogP contribution is -2.49. The van der Waals surface area contributed by atoms with Gasteiger partial charge in [-0.15, -0.1) is 0 Å². The summed E-state index contributed by atoms with van der Waals surface area (Å²) in [5, 5.41) is 0.390. The van der Waals surface area contributed by atoms with E-state index in [1.54, 1.807) is 16.4 Å². The standard InChI is InChI=1S/C17H18BrClN2O2S/c1-20-9-10-21(17(12-20)13-5-3-2-4-6-13)24(22,23)14-7-8-15(18)16(19)11-14/h2-8,11,17H,9-10,12H2,1H3. The highest BCUT2D eigenvalue weighted by Gasteiger charge is 2.36. The lowest BCUT2D eigenvalue weighted by molar-refractivity contribution is 0.160. The summed E-state index contributed by atoms with van der Waals surface area (Å²) >= 11 is 9.40. The van der Waals surface area contributed by atoms with E-state index in [2.05, 4.69) is 20.8 Å². The Bertz CT molecular complexity index is 830. The molecule has 2 aromatic rings. The third kappa shape index (κ3) is 3.53. The van der Waals surface area contributed by atoms with Crippen LogP contribution in [0.2, 0.25) is 5.02 Å². The summed E-state index contributed by atoms with van der Waals surface area (Å²) in [6.07, 6.45) is 0. The third-order valence-electron chi connectivity index (χ3n) is 4.22. The Morgan fingerprint density at radius 3 is 2.50 bits per heavy atom. The average Bonchev–Trinajstić information content (AvgIpc) is 2.57. The zero-order valence-corrected chi connectivity index (χ0v) is 16.4. The van der Waals surface area contributed by atoms with Gasteiger partial charge in [-0.25, -0.2) is 8.42 Å². The van der Waals surface area contributed by atoms with Crippen LogP contribution >= 0.6 is 27.5 Å². The van der Waals surface area contributed by atoms with Gasteiger partial charge in [0.15, 0.2) is 0 Å². The minimum atomic E-state index is -3.62. The zero-order valence-electron chi connectivity index (χ0n) is 13.2. The minimum absolute atomic E-state index is 0.211. The molecular weight excluding hydrogens is 412 g/mol. The number of likely N-dealkylation sites (N-methyl/N-ethyl adjacent to an activating group) is 1. The summed E-state index contributed by atoms with van der Waals surface area (Å²) in [6, 6.07) is 14.3. The first-order valence-electron chi connectivity index (χ1n) is 7.60. The van der Waals surface area contributed by atoms with Crippen LogP contribution < -0.4 is 0 Å². The number of nitrogens with zero attached hydrogens (tertiary/aromatic N) is 2. The molecule has 1 aliphatic heterocycles. The summed E-state index contributed by atoms with van der Waals surface area (Å²) in [7, 11) is -1.61.